The van der Waals surface area contributed by atoms with E-state index in [1.54, 1.807) is 0 Å². The fraction of sp³-hybridized carbons (Fsp3) is 1.00. The van der Waals surface area contributed by atoms with Crippen LogP contribution in [0.5, 0.6) is 0 Å². The molecule has 1 aliphatic rings. The first-order valence-electron chi connectivity index (χ1n) is 5.08. The molecule has 0 saturated carbocycles. The maximum Gasteiger partial charge on any atom is 0.0692 e. The van der Waals surface area contributed by atoms with Gasteiger partial charge in [-0.15, -0.1) is 0 Å². The van der Waals surface area contributed by atoms with Crippen molar-refractivity contribution in [3.8, 4) is 0 Å². The van der Waals surface area contributed by atoms with E-state index in [-0.39, 0.29) is 0 Å². The zero-order valence-corrected chi connectivity index (χ0v) is 10.0. The van der Waals surface area contributed by atoms with E-state index in [4.69, 9.17) is 4.74 Å². The fourth-order valence-electron chi connectivity index (χ4n) is 1.64. The van der Waals surface area contributed by atoms with Crippen LogP contribution in [0.15, 0.2) is 0 Å². The van der Waals surface area contributed by atoms with Crippen LogP contribution in [0.4, 0.5) is 0 Å². The molecule has 0 aromatic rings. The summed E-state index contributed by atoms with van der Waals surface area (Å²) in [5.41, 5.74) is 0. The zero-order chi connectivity index (χ0) is 8.81. The van der Waals surface area contributed by atoms with Crippen molar-refractivity contribution in [3.05, 3.63) is 0 Å². The lowest BCUT2D eigenvalue weighted by molar-refractivity contribution is -0.113. The Morgan fingerprint density at radius 2 is 2.00 bits per heavy atom. The van der Waals surface area contributed by atoms with Gasteiger partial charge >= 0.3 is 0 Å². The van der Waals surface area contributed by atoms with Crippen molar-refractivity contribution in [1.82, 2.24) is 0 Å². The molecule has 1 nitrogen and oxygen atoms in total. The van der Waals surface area contributed by atoms with E-state index in [0.717, 1.165) is 0 Å². The van der Waals surface area contributed by atoms with Gasteiger partial charge in [-0.3, -0.25) is 0 Å². The van der Waals surface area contributed by atoms with Gasteiger partial charge in [-0.25, -0.2) is 0 Å². The zero-order valence-electron chi connectivity index (χ0n) is 7.89. The Hall–Kier alpha value is 0.690. The topological polar surface area (TPSA) is 9.23 Å². The molecule has 1 saturated heterocycles. The van der Waals surface area contributed by atoms with Crippen LogP contribution >= 0.6 is 22.6 Å². The van der Waals surface area contributed by atoms with E-state index in [9.17, 15) is 0 Å². The third-order valence-electron chi connectivity index (χ3n) is 2.46. The number of halogens is 1. The molecule has 0 aromatic carbocycles. The molecule has 0 N–H and O–H groups in total. The molecule has 0 radical (unpaired) electrons. The molecule has 12 heavy (non-hydrogen) atoms. The Morgan fingerprint density at radius 1 is 1.25 bits per heavy atom. The Morgan fingerprint density at radius 3 is 2.58 bits per heavy atom. The first kappa shape index (κ1) is 10.8. The second kappa shape index (κ2) is 6.19. The van der Waals surface area contributed by atoms with Gasteiger partial charge in [0.2, 0.25) is 0 Å². The molecule has 72 valence electrons. The van der Waals surface area contributed by atoms with Crippen molar-refractivity contribution in [3.63, 3.8) is 0 Å². The van der Waals surface area contributed by atoms with E-state index in [1.807, 2.05) is 0 Å². The third kappa shape index (κ3) is 3.60. The highest BCUT2D eigenvalue weighted by Gasteiger charge is 2.27. The number of alkyl halides is 1. The molecule has 0 aromatic heterocycles. The molecule has 1 fully saturated rings. The van der Waals surface area contributed by atoms with Crippen LogP contribution < -0.4 is 0 Å². The molecule has 0 amide bonds. The second-order valence-corrected chi connectivity index (χ2v) is 4.50. The van der Waals surface area contributed by atoms with Gasteiger partial charge < -0.3 is 4.74 Å². The summed E-state index contributed by atoms with van der Waals surface area (Å²) in [5, 5.41) is 0. The molecule has 0 spiro atoms. The lowest BCUT2D eigenvalue weighted by atomic mass is 10.00. The van der Waals surface area contributed by atoms with Gasteiger partial charge in [0.1, 0.15) is 0 Å². The van der Waals surface area contributed by atoms with Gasteiger partial charge in [0, 0.05) is 10.8 Å². The molecule has 1 unspecified atom stereocenters. The Labute approximate surface area is 89.4 Å². The lowest BCUT2D eigenvalue weighted by Crippen LogP contribution is -2.38. The summed E-state index contributed by atoms with van der Waals surface area (Å²) in [4.78, 5) is 0. The summed E-state index contributed by atoms with van der Waals surface area (Å²) < 4.78 is 6.83. The average Bonchev–Trinajstić information content (AvgIpc) is 2.01. The maximum absolute atomic E-state index is 5.66. The van der Waals surface area contributed by atoms with Gasteiger partial charge in [-0.1, -0.05) is 55.2 Å². The molecule has 2 heteroatoms. The standard InChI is InChI=1S/C10H19IO/c1-2-3-4-5-6-9-7-10(8-11)12-9/h9-10H,2-8H2,1H3/t9?,10-/m1/s1. The molecule has 1 heterocycles. The van der Waals surface area contributed by atoms with E-state index >= 15 is 0 Å². The van der Waals surface area contributed by atoms with Crippen molar-refractivity contribution in [2.24, 2.45) is 0 Å². The van der Waals surface area contributed by atoms with Crippen molar-refractivity contribution in [1.29, 1.82) is 0 Å². The molecule has 2 atom stereocenters. The molecule has 0 aliphatic carbocycles. The monoisotopic (exact) mass is 282 g/mol. The lowest BCUT2D eigenvalue weighted by Gasteiger charge is -2.35. The Balaban J connectivity index is 1.83. The smallest absolute Gasteiger partial charge is 0.0692 e. The summed E-state index contributed by atoms with van der Waals surface area (Å²) >= 11 is 2.40. The quantitative estimate of drug-likeness (QED) is 0.411. The predicted octanol–water partition coefficient (Wildman–Crippen LogP) is 3.55. The average molecular weight is 282 g/mol. The normalized spacial score (nSPS) is 28.5. The number of rotatable bonds is 6. The maximum atomic E-state index is 5.66. The number of hydrogen-bond donors (Lipinski definition) is 0. The highest BCUT2D eigenvalue weighted by atomic mass is 127. The Bertz CT molecular complexity index is 110. The molecule has 1 rings (SSSR count). The minimum Gasteiger partial charge on any atom is -0.374 e. The number of hydrogen-bond acceptors (Lipinski definition) is 1. The van der Waals surface area contributed by atoms with Crippen molar-refractivity contribution >= 4 is 22.6 Å². The fourth-order valence-corrected chi connectivity index (χ4v) is 2.21. The first-order valence-corrected chi connectivity index (χ1v) is 6.60. The van der Waals surface area contributed by atoms with Crippen molar-refractivity contribution < 1.29 is 4.74 Å². The van der Waals surface area contributed by atoms with Crippen LogP contribution in [0.2, 0.25) is 0 Å². The number of ether oxygens (including phenoxy) is 1. The molecule has 1 aliphatic heterocycles. The molecule has 0 bridgehead atoms. The summed E-state index contributed by atoms with van der Waals surface area (Å²) in [6, 6.07) is 0. The van der Waals surface area contributed by atoms with Crippen LogP contribution in [0.1, 0.15) is 45.4 Å². The van der Waals surface area contributed by atoms with Gasteiger partial charge in [0.15, 0.2) is 0 Å². The van der Waals surface area contributed by atoms with Gasteiger partial charge in [0.25, 0.3) is 0 Å². The van der Waals surface area contributed by atoms with Gasteiger partial charge in [-0.05, 0) is 6.42 Å². The minimum atomic E-state index is 0.585. The number of unbranched alkanes of at least 4 members (excludes halogenated alkanes) is 3. The van der Waals surface area contributed by atoms with Crippen LogP contribution in [0.3, 0.4) is 0 Å². The van der Waals surface area contributed by atoms with Gasteiger partial charge in [0.05, 0.1) is 12.2 Å². The second-order valence-electron chi connectivity index (χ2n) is 3.62. The highest BCUT2D eigenvalue weighted by Crippen LogP contribution is 2.26. The predicted molar refractivity (Wildman–Crippen MR) is 60.9 cm³/mol. The van der Waals surface area contributed by atoms with E-state index in [0.29, 0.717) is 12.2 Å². The van der Waals surface area contributed by atoms with E-state index in [1.165, 1.54) is 43.0 Å². The molecular formula is C10H19IO. The van der Waals surface area contributed by atoms with Gasteiger partial charge in [-0.2, -0.15) is 0 Å². The van der Waals surface area contributed by atoms with E-state index in [2.05, 4.69) is 29.5 Å². The van der Waals surface area contributed by atoms with Crippen molar-refractivity contribution in [2.75, 3.05) is 4.43 Å². The summed E-state index contributed by atoms with van der Waals surface area (Å²) in [7, 11) is 0. The summed E-state index contributed by atoms with van der Waals surface area (Å²) in [6.45, 7) is 2.26. The minimum absolute atomic E-state index is 0.585. The first-order chi connectivity index (χ1) is 5.86. The van der Waals surface area contributed by atoms with E-state index < -0.39 is 0 Å². The summed E-state index contributed by atoms with van der Waals surface area (Å²) in [5.74, 6) is 0. The van der Waals surface area contributed by atoms with Crippen LogP contribution in [-0.4, -0.2) is 16.6 Å². The van der Waals surface area contributed by atoms with Crippen LogP contribution in [0.25, 0.3) is 0 Å². The SMILES string of the molecule is CCCCCCC1C[C@H](CI)O1. The highest BCUT2D eigenvalue weighted by molar-refractivity contribution is 14.1. The summed E-state index contributed by atoms with van der Waals surface area (Å²) in [6.07, 6.45) is 9.30. The third-order valence-corrected chi connectivity index (χ3v) is 3.44. The molecular weight excluding hydrogens is 263 g/mol. The van der Waals surface area contributed by atoms with Crippen molar-refractivity contribution in [2.45, 2.75) is 57.7 Å². The largest absolute Gasteiger partial charge is 0.374 e. The Kier molecular flexibility index (Phi) is 5.56. The van der Waals surface area contributed by atoms with Crippen LogP contribution in [0, 0.1) is 0 Å². The van der Waals surface area contributed by atoms with Crippen LogP contribution in [-0.2, 0) is 4.74 Å².